The van der Waals surface area contributed by atoms with Crippen LogP contribution >= 0.6 is 0 Å². The van der Waals surface area contributed by atoms with E-state index in [-0.39, 0.29) is 25.3 Å². The van der Waals surface area contributed by atoms with Crippen LogP contribution in [0.15, 0.2) is 54.7 Å². The first-order valence-electron chi connectivity index (χ1n) is 9.27. The van der Waals surface area contributed by atoms with Crippen LogP contribution in [0.25, 0.3) is 10.9 Å². The molecule has 1 aliphatic heterocycles. The Morgan fingerprint density at radius 1 is 1.28 bits per heavy atom. The number of amides is 2. The van der Waals surface area contributed by atoms with Gasteiger partial charge in [-0.2, -0.15) is 0 Å². The van der Waals surface area contributed by atoms with Crippen molar-refractivity contribution in [3.05, 3.63) is 66.1 Å². The SMILES string of the molecule is O=C(NCCc1cccc(F)c1)OC1(O)CCN(c2ccc3[nH]ccc3c2)C1=O. The number of nitrogens with one attached hydrogen (secondary N) is 2. The molecule has 1 aliphatic rings. The van der Waals surface area contributed by atoms with Crippen molar-refractivity contribution in [3.8, 4) is 0 Å². The fraction of sp³-hybridized carbons (Fsp3) is 0.238. The number of anilines is 1. The number of nitrogens with zero attached hydrogens (tertiary/aromatic N) is 1. The molecule has 1 unspecified atom stereocenters. The van der Waals surface area contributed by atoms with Gasteiger partial charge in [-0.25, -0.2) is 9.18 Å². The number of halogens is 1. The van der Waals surface area contributed by atoms with E-state index in [4.69, 9.17) is 4.74 Å². The first-order chi connectivity index (χ1) is 13.9. The van der Waals surface area contributed by atoms with Gasteiger partial charge in [0.2, 0.25) is 0 Å². The molecule has 2 amide bonds. The number of rotatable bonds is 5. The van der Waals surface area contributed by atoms with Crippen LogP contribution in [-0.2, 0) is 16.0 Å². The van der Waals surface area contributed by atoms with E-state index in [0.29, 0.717) is 17.7 Å². The minimum Gasteiger partial charge on any atom is -0.407 e. The number of carbonyl (C=O) groups is 2. The lowest BCUT2D eigenvalue weighted by atomic mass is 10.1. The van der Waals surface area contributed by atoms with Gasteiger partial charge in [0.05, 0.1) is 0 Å². The van der Waals surface area contributed by atoms with Crippen LogP contribution in [0.4, 0.5) is 14.9 Å². The fourth-order valence-electron chi connectivity index (χ4n) is 3.42. The molecule has 150 valence electrons. The molecule has 0 aliphatic carbocycles. The Morgan fingerprint density at radius 3 is 2.97 bits per heavy atom. The molecule has 1 fully saturated rings. The van der Waals surface area contributed by atoms with Gasteiger partial charge in [-0.1, -0.05) is 12.1 Å². The second-order valence-electron chi connectivity index (χ2n) is 6.94. The molecular formula is C21H20FN3O4. The second-order valence-corrected chi connectivity index (χ2v) is 6.94. The number of benzene rings is 2. The zero-order valence-electron chi connectivity index (χ0n) is 15.5. The van der Waals surface area contributed by atoms with E-state index in [1.807, 2.05) is 18.2 Å². The number of aromatic nitrogens is 1. The quantitative estimate of drug-likeness (QED) is 0.577. The molecule has 7 nitrogen and oxygen atoms in total. The Bertz CT molecular complexity index is 1070. The highest BCUT2D eigenvalue weighted by Crippen LogP contribution is 2.31. The zero-order valence-corrected chi connectivity index (χ0v) is 15.5. The van der Waals surface area contributed by atoms with Gasteiger partial charge in [-0.15, -0.1) is 0 Å². The van der Waals surface area contributed by atoms with Crippen LogP contribution in [-0.4, -0.2) is 41.0 Å². The number of ether oxygens (including phenoxy) is 1. The summed E-state index contributed by atoms with van der Waals surface area (Å²) in [7, 11) is 0. The Kier molecular flexibility index (Phi) is 4.94. The van der Waals surface area contributed by atoms with Crippen molar-refractivity contribution in [2.45, 2.75) is 18.6 Å². The molecule has 0 bridgehead atoms. The van der Waals surface area contributed by atoms with E-state index in [1.54, 1.807) is 24.4 Å². The number of aliphatic hydroxyl groups is 1. The summed E-state index contributed by atoms with van der Waals surface area (Å²) in [5, 5.41) is 14.0. The van der Waals surface area contributed by atoms with Crippen LogP contribution in [0, 0.1) is 5.82 Å². The molecule has 1 aromatic heterocycles. The average molecular weight is 397 g/mol. The van der Waals surface area contributed by atoms with Crippen molar-refractivity contribution in [2.24, 2.45) is 0 Å². The summed E-state index contributed by atoms with van der Waals surface area (Å²) in [6.07, 6.45) is 1.25. The van der Waals surface area contributed by atoms with Crippen LogP contribution in [0.1, 0.15) is 12.0 Å². The molecule has 3 N–H and O–H groups in total. The Labute approximate surface area is 166 Å². The van der Waals surface area contributed by atoms with Crippen molar-refractivity contribution in [3.63, 3.8) is 0 Å². The predicted molar refractivity (Wildman–Crippen MR) is 105 cm³/mol. The molecule has 8 heteroatoms. The van der Waals surface area contributed by atoms with Gasteiger partial charge in [0.15, 0.2) is 0 Å². The monoisotopic (exact) mass is 397 g/mol. The summed E-state index contributed by atoms with van der Waals surface area (Å²) in [5.74, 6) is -3.25. The highest BCUT2D eigenvalue weighted by Gasteiger charge is 2.49. The number of hydrogen-bond donors (Lipinski definition) is 3. The Balaban J connectivity index is 1.35. The number of hydrogen-bond acceptors (Lipinski definition) is 4. The third-order valence-corrected chi connectivity index (χ3v) is 4.94. The number of aromatic amines is 1. The highest BCUT2D eigenvalue weighted by molar-refractivity contribution is 6.02. The standard InChI is InChI=1S/C21H20FN3O4/c22-16-3-1-2-14(12-16)6-9-24-20(27)29-21(28)8-11-25(19(21)26)17-4-5-18-15(13-17)7-10-23-18/h1-5,7,10,12-13,23,28H,6,8-9,11H2,(H,24,27). The number of fused-ring (bicyclic) bond motifs is 1. The first kappa shape index (κ1) is 18.9. The lowest BCUT2D eigenvalue weighted by molar-refractivity contribution is -0.175. The molecule has 3 aromatic rings. The molecule has 29 heavy (non-hydrogen) atoms. The van der Waals surface area contributed by atoms with Gasteiger partial charge in [0.25, 0.3) is 11.7 Å². The van der Waals surface area contributed by atoms with E-state index in [9.17, 15) is 19.1 Å². The van der Waals surface area contributed by atoms with Crippen molar-refractivity contribution >= 4 is 28.6 Å². The van der Waals surface area contributed by atoms with Gasteiger partial charge in [-0.3, -0.25) is 4.79 Å². The van der Waals surface area contributed by atoms with E-state index in [2.05, 4.69) is 10.3 Å². The third-order valence-electron chi connectivity index (χ3n) is 4.94. The first-order valence-corrected chi connectivity index (χ1v) is 9.27. The zero-order chi connectivity index (χ0) is 20.4. The summed E-state index contributed by atoms with van der Waals surface area (Å²) < 4.78 is 18.2. The van der Waals surface area contributed by atoms with Crippen molar-refractivity contribution < 1.29 is 23.8 Å². The maximum atomic E-state index is 13.2. The Hall–Kier alpha value is -3.39. The van der Waals surface area contributed by atoms with Crippen molar-refractivity contribution in [2.75, 3.05) is 18.0 Å². The van der Waals surface area contributed by atoms with Gasteiger partial charge < -0.3 is 25.0 Å². The van der Waals surface area contributed by atoms with Crippen LogP contribution in [0.2, 0.25) is 0 Å². The van der Waals surface area contributed by atoms with Crippen molar-refractivity contribution in [1.29, 1.82) is 0 Å². The Morgan fingerprint density at radius 2 is 2.14 bits per heavy atom. The molecule has 2 heterocycles. The maximum Gasteiger partial charge on any atom is 0.410 e. The van der Waals surface area contributed by atoms with E-state index >= 15 is 0 Å². The normalized spacial score (nSPS) is 19.0. The van der Waals surface area contributed by atoms with Gasteiger partial charge >= 0.3 is 6.09 Å². The van der Waals surface area contributed by atoms with Gasteiger partial charge in [0.1, 0.15) is 5.82 Å². The minimum absolute atomic E-state index is 0.0334. The predicted octanol–water partition coefficient (Wildman–Crippen LogP) is 2.70. The summed E-state index contributed by atoms with van der Waals surface area (Å²) >= 11 is 0. The third kappa shape index (κ3) is 3.93. The molecule has 0 saturated carbocycles. The second kappa shape index (κ2) is 7.56. The molecule has 0 spiro atoms. The highest BCUT2D eigenvalue weighted by atomic mass is 19.1. The van der Waals surface area contributed by atoms with Crippen molar-refractivity contribution in [1.82, 2.24) is 10.3 Å². The summed E-state index contributed by atoms with van der Waals surface area (Å²) in [4.78, 5) is 29.2. The smallest absolute Gasteiger partial charge is 0.407 e. The topological polar surface area (TPSA) is 94.7 Å². The lowest BCUT2D eigenvalue weighted by Crippen LogP contribution is -2.46. The molecule has 2 aromatic carbocycles. The molecule has 0 radical (unpaired) electrons. The maximum absolute atomic E-state index is 13.2. The molecular weight excluding hydrogens is 377 g/mol. The van der Waals surface area contributed by atoms with Crippen LogP contribution < -0.4 is 10.2 Å². The van der Waals surface area contributed by atoms with Crippen LogP contribution in [0.3, 0.4) is 0 Å². The molecule has 4 rings (SSSR count). The van der Waals surface area contributed by atoms with Crippen LogP contribution in [0.5, 0.6) is 0 Å². The van der Waals surface area contributed by atoms with Gasteiger partial charge in [-0.05, 0) is 48.4 Å². The number of H-pyrrole nitrogens is 1. The van der Waals surface area contributed by atoms with E-state index in [0.717, 1.165) is 10.9 Å². The summed E-state index contributed by atoms with van der Waals surface area (Å²) in [6.45, 7) is 0.405. The average Bonchev–Trinajstić information content (AvgIpc) is 3.26. The largest absolute Gasteiger partial charge is 0.410 e. The minimum atomic E-state index is -2.21. The fourth-order valence-corrected chi connectivity index (χ4v) is 3.42. The van der Waals surface area contributed by atoms with Gasteiger partial charge in [0, 0.05) is 42.3 Å². The lowest BCUT2D eigenvalue weighted by Gasteiger charge is -2.22. The number of carbonyl (C=O) groups excluding carboxylic acids is 2. The van der Waals surface area contributed by atoms with E-state index in [1.165, 1.54) is 17.0 Å². The van der Waals surface area contributed by atoms with E-state index < -0.39 is 17.8 Å². The number of alkyl carbamates (subject to hydrolysis) is 1. The molecule has 1 atom stereocenters. The summed E-state index contributed by atoms with van der Waals surface area (Å²) in [6, 6.07) is 13.4. The molecule has 1 saturated heterocycles. The summed E-state index contributed by atoms with van der Waals surface area (Å²) in [5.41, 5.74) is 2.27.